The van der Waals surface area contributed by atoms with Crippen LogP contribution in [0.4, 0.5) is 0 Å². The van der Waals surface area contributed by atoms with Crippen LogP contribution in [0.1, 0.15) is 0 Å². The maximum absolute atomic E-state index is 9.74. The van der Waals surface area contributed by atoms with E-state index in [1.54, 1.807) is 0 Å². The first kappa shape index (κ1) is 27.1. The van der Waals surface area contributed by atoms with Crippen LogP contribution in [0.25, 0.3) is 0 Å². The van der Waals surface area contributed by atoms with Crippen LogP contribution in [0.5, 0.6) is 0 Å². The molecule has 0 aliphatic rings. The zero-order valence-electron chi connectivity index (χ0n) is 8.47. The fourth-order valence-corrected chi connectivity index (χ4v) is 0.264. The summed E-state index contributed by atoms with van der Waals surface area (Å²) in [7, 11) is -5.17. The summed E-state index contributed by atoms with van der Waals surface area (Å²) < 4.78 is 34.1. The Bertz CT molecular complexity index is 301. The third-order valence-corrected chi connectivity index (χ3v) is 0.794. The van der Waals surface area contributed by atoms with Gasteiger partial charge < -0.3 is 34.3 Å². The average Bonchev–Trinajstić information content (AvgIpc) is 1.98. The zero-order chi connectivity index (χ0) is 12.8. The maximum atomic E-state index is 9.74. The molecule has 2 unspecified atom stereocenters. The van der Waals surface area contributed by atoms with E-state index < -0.39 is 34.5 Å². The largest absolute Gasteiger partial charge is 2.00 e. The molecular weight excluding hydrogens is 319 g/mol. The van der Waals surface area contributed by atoms with Crippen molar-refractivity contribution in [1.29, 1.82) is 0 Å². The monoisotopic (exact) mass is 324 g/mol. The fraction of sp³-hybridized carbons (Fsp3) is 0.500. The molecule has 0 spiro atoms. The van der Waals surface area contributed by atoms with E-state index in [1.807, 2.05) is 0 Å². The molecule has 0 aliphatic heterocycles. The Balaban J connectivity index is -0.000000105. The number of hydrogen-bond acceptors (Lipinski definition) is 9. The van der Waals surface area contributed by atoms with Crippen LogP contribution >= 0.6 is 0 Å². The Labute approximate surface area is 168 Å². The van der Waals surface area contributed by atoms with Crippen molar-refractivity contribution in [2.75, 3.05) is 0 Å². The van der Waals surface area contributed by atoms with Gasteiger partial charge in [-0.1, -0.05) is 0 Å². The number of rotatable bonds is 3. The molecule has 2 atom stereocenters. The number of carbonyl (C=O) groups excluding carboxylic acids is 1. The van der Waals surface area contributed by atoms with Crippen LogP contribution in [0.15, 0.2) is 0 Å². The molecule has 3 N–H and O–H groups in total. The van der Waals surface area contributed by atoms with Crippen molar-refractivity contribution < 1.29 is 98.9 Å². The van der Waals surface area contributed by atoms with Crippen LogP contribution < -0.4 is 56.5 Å². The molecule has 90 valence electrons. The van der Waals surface area contributed by atoms with Gasteiger partial charge in [0.15, 0.2) is 6.10 Å². The first-order valence-electron chi connectivity index (χ1n) is 2.93. The second kappa shape index (κ2) is 12.6. The van der Waals surface area contributed by atoms with Crippen molar-refractivity contribution >= 4 is 60.1 Å². The summed E-state index contributed by atoms with van der Waals surface area (Å²) in [6, 6.07) is 0. The third-order valence-electron chi connectivity index (χ3n) is 0.794. The predicted octanol–water partition coefficient (Wildman–Crippen LogP) is -8.17. The molecule has 0 saturated heterocycles. The van der Waals surface area contributed by atoms with Gasteiger partial charge in [0.2, 0.25) is 0 Å². The molecule has 0 aromatic heterocycles. The van der Waals surface area contributed by atoms with Gasteiger partial charge in [-0.3, -0.25) is 8.42 Å². The maximum Gasteiger partial charge on any atom is 2.00 e. The second-order valence-electron chi connectivity index (χ2n) is 1.96. The topological polar surface area (TPSA) is 198 Å². The van der Waals surface area contributed by atoms with Crippen LogP contribution in [-0.2, 0) is 20.0 Å². The molecular formula is C4H5CaKO10S. The van der Waals surface area contributed by atoms with E-state index in [9.17, 15) is 14.7 Å². The summed E-state index contributed by atoms with van der Waals surface area (Å²) in [5.74, 6) is -3.83. The van der Waals surface area contributed by atoms with E-state index >= 15 is 0 Å². The molecule has 0 radical (unpaired) electrons. The summed E-state index contributed by atoms with van der Waals surface area (Å²) in [5, 5.41) is 34.1. The van der Waals surface area contributed by atoms with Gasteiger partial charge in [0.05, 0.1) is 5.97 Å². The normalized spacial score (nSPS) is 12.7. The number of hydrogen-bond donors (Lipinski definition) is 3. The number of carboxylic acid groups (broad SMARTS) is 2. The van der Waals surface area contributed by atoms with Crippen LogP contribution in [0.2, 0.25) is 0 Å². The smallest absolute Gasteiger partial charge is 0.759 e. The summed E-state index contributed by atoms with van der Waals surface area (Å²) >= 11 is 0. The SMILES string of the molecule is O=C([O-])C(O)C(O)C(=O)O.O=S(=O)([O-])[O-].[Ca+2].[K+]. The molecule has 17 heavy (non-hydrogen) atoms. The van der Waals surface area contributed by atoms with Gasteiger partial charge in [-0.15, -0.1) is 0 Å². The van der Waals surface area contributed by atoms with Gasteiger partial charge >= 0.3 is 95.1 Å². The predicted molar refractivity (Wildman–Crippen MR) is 40.9 cm³/mol. The Morgan fingerprint density at radius 3 is 1.35 bits per heavy atom. The number of aliphatic carboxylic acids is 2. The fourth-order valence-electron chi connectivity index (χ4n) is 0.264. The first-order chi connectivity index (χ1) is 6.46. The summed E-state index contributed by atoms with van der Waals surface area (Å²) in [4.78, 5) is 19.4. The molecule has 10 nitrogen and oxygen atoms in total. The second-order valence-corrected chi connectivity index (χ2v) is 2.77. The molecule has 0 amide bonds. The van der Waals surface area contributed by atoms with E-state index in [1.165, 1.54) is 0 Å². The first-order valence-corrected chi connectivity index (χ1v) is 4.26. The molecule has 0 aliphatic carbocycles. The summed E-state index contributed by atoms with van der Waals surface area (Å²) in [5.41, 5.74) is 0. The molecule has 0 aromatic carbocycles. The van der Waals surface area contributed by atoms with Gasteiger partial charge in [0.1, 0.15) is 6.10 Å². The minimum Gasteiger partial charge on any atom is -0.759 e. The van der Waals surface area contributed by atoms with Crippen LogP contribution in [-0.4, -0.2) is 94.7 Å². The molecule has 0 rings (SSSR count). The van der Waals surface area contributed by atoms with E-state index in [0.29, 0.717) is 0 Å². The van der Waals surface area contributed by atoms with E-state index in [2.05, 4.69) is 0 Å². The number of carboxylic acids is 2. The molecule has 0 fully saturated rings. The molecule has 0 heterocycles. The minimum atomic E-state index is -5.17. The van der Waals surface area contributed by atoms with Gasteiger partial charge in [-0.05, 0) is 0 Å². The minimum absolute atomic E-state index is 0. The van der Waals surface area contributed by atoms with Crippen molar-refractivity contribution in [2.45, 2.75) is 12.2 Å². The Hall–Kier alpha value is 1.63. The van der Waals surface area contributed by atoms with Crippen LogP contribution in [0.3, 0.4) is 0 Å². The number of aliphatic hydroxyl groups is 2. The van der Waals surface area contributed by atoms with E-state index in [-0.39, 0.29) is 89.1 Å². The van der Waals surface area contributed by atoms with Crippen LogP contribution in [0, 0.1) is 0 Å². The average molecular weight is 324 g/mol. The van der Waals surface area contributed by atoms with Gasteiger partial charge in [0.25, 0.3) is 0 Å². The Kier molecular flexibility index (Phi) is 20.1. The van der Waals surface area contributed by atoms with Crippen molar-refractivity contribution in [3.8, 4) is 0 Å². The van der Waals surface area contributed by atoms with Gasteiger partial charge in [-0.2, -0.15) is 0 Å². The quantitative estimate of drug-likeness (QED) is 0.254. The number of aliphatic hydroxyl groups excluding tert-OH is 2. The molecule has 0 saturated carbocycles. The zero-order valence-corrected chi connectivity index (χ0v) is 14.6. The third kappa shape index (κ3) is 23.2. The molecule has 0 aromatic rings. The Morgan fingerprint density at radius 2 is 1.29 bits per heavy atom. The van der Waals surface area contributed by atoms with Crippen molar-refractivity contribution in [1.82, 2.24) is 0 Å². The van der Waals surface area contributed by atoms with Crippen molar-refractivity contribution in [3.05, 3.63) is 0 Å². The number of carbonyl (C=O) groups is 2. The van der Waals surface area contributed by atoms with Gasteiger partial charge in [-0.25, -0.2) is 4.79 Å². The Morgan fingerprint density at radius 1 is 1.06 bits per heavy atom. The summed E-state index contributed by atoms with van der Waals surface area (Å²) in [6.45, 7) is 0. The van der Waals surface area contributed by atoms with E-state index in [0.717, 1.165) is 0 Å². The summed E-state index contributed by atoms with van der Waals surface area (Å²) in [6.07, 6.45) is -4.71. The molecule has 13 heteroatoms. The van der Waals surface area contributed by atoms with Crippen molar-refractivity contribution in [2.24, 2.45) is 0 Å². The standard InChI is InChI=1S/C4H6O6.Ca.K.H2O4S/c5-1(3(7)8)2(6)4(9)10;;;1-5(2,3)4/h1-2,5-6H,(H,7,8)(H,9,10);;;(H2,1,2,3,4)/q;+2;+1;/p-3. The van der Waals surface area contributed by atoms with E-state index in [4.69, 9.17) is 32.8 Å². The van der Waals surface area contributed by atoms with Crippen molar-refractivity contribution in [3.63, 3.8) is 0 Å². The van der Waals surface area contributed by atoms with Gasteiger partial charge in [0, 0.05) is 10.4 Å². The molecule has 0 bridgehead atoms.